The molecule has 3 aromatic rings. The topological polar surface area (TPSA) is 105 Å². The van der Waals surface area contributed by atoms with E-state index in [0.717, 1.165) is 5.56 Å². The predicted molar refractivity (Wildman–Crippen MR) is 128 cm³/mol. The summed E-state index contributed by atoms with van der Waals surface area (Å²) in [5.41, 5.74) is 2.62. The Balaban J connectivity index is 1.69. The van der Waals surface area contributed by atoms with Crippen LogP contribution in [0.2, 0.25) is 0 Å². The Labute approximate surface area is 193 Å². The van der Waals surface area contributed by atoms with E-state index >= 15 is 0 Å². The van der Waals surface area contributed by atoms with Crippen LogP contribution in [0.15, 0.2) is 77.7 Å². The summed E-state index contributed by atoms with van der Waals surface area (Å²) in [7, 11) is -0.997. The number of rotatable bonds is 8. The van der Waals surface area contributed by atoms with E-state index in [-0.39, 0.29) is 17.3 Å². The van der Waals surface area contributed by atoms with Crippen molar-refractivity contribution in [3.63, 3.8) is 0 Å². The SMILES string of the molecule is COC(=O)c1ccc(C)c(NC(=O)CNc2cccc(S(=O)(=O)N(C)c3ccccc3)c2)c1. The van der Waals surface area contributed by atoms with Gasteiger partial charge in [0.1, 0.15) is 0 Å². The van der Waals surface area contributed by atoms with Gasteiger partial charge < -0.3 is 15.4 Å². The van der Waals surface area contributed by atoms with Gasteiger partial charge in [-0.05, 0) is 55.0 Å². The molecule has 0 aromatic heterocycles. The van der Waals surface area contributed by atoms with Gasteiger partial charge in [-0.1, -0.05) is 30.3 Å². The van der Waals surface area contributed by atoms with E-state index in [0.29, 0.717) is 22.6 Å². The molecule has 33 heavy (non-hydrogen) atoms. The van der Waals surface area contributed by atoms with Gasteiger partial charge >= 0.3 is 5.97 Å². The summed E-state index contributed by atoms with van der Waals surface area (Å²) in [5.74, 6) is -0.850. The molecule has 0 aliphatic carbocycles. The molecule has 0 spiro atoms. The quantitative estimate of drug-likeness (QED) is 0.490. The average Bonchev–Trinajstić information content (AvgIpc) is 2.83. The molecule has 3 aromatic carbocycles. The molecule has 172 valence electrons. The number of aryl methyl sites for hydroxylation is 1. The number of nitrogens with zero attached hydrogens (tertiary/aromatic N) is 1. The first-order valence-corrected chi connectivity index (χ1v) is 11.5. The molecule has 0 saturated heterocycles. The minimum absolute atomic E-state index is 0.0973. The lowest BCUT2D eigenvalue weighted by atomic mass is 10.1. The minimum Gasteiger partial charge on any atom is -0.465 e. The van der Waals surface area contributed by atoms with E-state index in [1.54, 1.807) is 54.6 Å². The first-order chi connectivity index (χ1) is 15.7. The maximum Gasteiger partial charge on any atom is 0.337 e. The molecule has 0 unspecified atom stereocenters. The molecule has 9 heteroatoms. The van der Waals surface area contributed by atoms with Crippen molar-refractivity contribution >= 4 is 39.0 Å². The number of carbonyl (C=O) groups is 2. The first kappa shape index (κ1) is 23.8. The Morgan fingerprint density at radius 3 is 2.39 bits per heavy atom. The molecule has 1 amide bonds. The third-order valence-electron chi connectivity index (χ3n) is 5.00. The number of sulfonamides is 1. The van der Waals surface area contributed by atoms with E-state index in [1.165, 1.54) is 30.6 Å². The van der Waals surface area contributed by atoms with E-state index < -0.39 is 16.0 Å². The number of hydrogen-bond donors (Lipinski definition) is 2. The van der Waals surface area contributed by atoms with E-state index in [4.69, 9.17) is 4.74 Å². The number of amides is 1. The first-order valence-electron chi connectivity index (χ1n) is 10.1. The van der Waals surface area contributed by atoms with Gasteiger partial charge in [0, 0.05) is 18.4 Å². The van der Waals surface area contributed by atoms with Gasteiger partial charge in [0.15, 0.2) is 0 Å². The Kier molecular flexibility index (Phi) is 7.34. The third-order valence-corrected chi connectivity index (χ3v) is 6.78. The van der Waals surface area contributed by atoms with Crippen LogP contribution in [0.3, 0.4) is 0 Å². The summed E-state index contributed by atoms with van der Waals surface area (Å²) in [5, 5.41) is 5.69. The number of anilines is 3. The van der Waals surface area contributed by atoms with Crippen LogP contribution >= 0.6 is 0 Å². The fourth-order valence-corrected chi connectivity index (χ4v) is 4.32. The molecule has 0 heterocycles. The van der Waals surface area contributed by atoms with Crippen molar-refractivity contribution in [1.29, 1.82) is 0 Å². The zero-order valence-electron chi connectivity index (χ0n) is 18.5. The lowest BCUT2D eigenvalue weighted by Gasteiger charge is -2.20. The maximum absolute atomic E-state index is 13.0. The Bertz CT molecular complexity index is 1260. The molecule has 8 nitrogen and oxygen atoms in total. The molecule has 0 fully saturated rings. The van der Waals surface area contributed by atoms with Crippen LogP contribution in [0.4, 0.5) is 17.1 Å². The van der Waals surface area contributed by atoms with E-state index in [1.807, 2.05) is 13.0 Å². The maximum atomic E-state index is 13.0. The fourth-order valence-electron chi connectivity index (χ4n) is 3.08. The fraction of sp³-hybridized carbons (Fsp3) is 0.167. The molecule has 0 aliphatic rings. The van der Waals surface area contributed by atoms with Gasteiger partial charge in [-0.15, -0.1) is 0 Å². The highest BCUT2D eigenvalue weighted by molar-refractivity contribution is 7.92. The van der Waals surface area contributed by atoms with Crippen molar-refractivity contribution in [2.75, 3.05) is 35.6 Å². The van der Waals surface area contributed by atoms with Gasteiger partial charge in [-0.2, -0.15) is 0 Å². The summed E-state index contributed by atoms with van der Waals surface area (Å²) in [6.45, 7) is 1.71. The third kappa shape index (κ3) is 5.69. The number of nitrogens with one attached hydrogen (secondary N) is 2. The summed E-state index contributed by atoms with van der Waals surface area (Å²) in [6.07, 6.45) is 0. The zero-order chi connectivity index (χ0) is 24.0. The van der Waals surface area contributed by atoms with Gasteiger partial charge in [0.05, 0.1) is 29.8 Å². The molecule has 2 N–H and O–H groups in total. The lowest BCUT2D eigenvalue weighted by molar-refractivity contribution is -0.114. The highest BCUT2D eigenvalue weighted by Gasteiger charge is 2.21. The van der Waals surface area contributed by atoms with Gasteiger partial charge in [-0.3, -0.25) is 9.10 Å². The van der Waals surface area contributed by atoms with Crippen molar-refractivity contribution in [1.82, 2.24) is 0 Å². The van der Waals surface area contributed by atoms with Crippen molar-refractivity contribution in [3.8, 4) is 0 Å². The van der Waals surface area contributed by atoms with Crippen molar-refractivity contribution in [2.45, 2.75) is 11.8 Å². The number of ether oxygens (including phenoxy) is 1. The number of benzene rings is 3. The zero-order valence-corrected chi connectivity index (χ0v) is 19.3. The van der Waals surface area contributed by atoms with Crippen LogP contribution in [0, 0.1) is 6.92 Å². The summed E-state index contributed by atoms with van der Waals surface area (Å²) >= 11 is 0. The number of methoxy groups -OCH3 is 1. The molecular formula is C24H25N3O5S. The van der Waals surface area contributed by atoms with Crippen LogP contribution < -0.4 is 14.9 Å². The normalized spacial score (nSPS) is 10.9. The largest absolute Gasteiger partial charge is 0.465 e. The smallest absolute Gasteiger partial charge is 0.337 e. The number of carbonyl (C=O) groups excluding carboxylic acids is 2. The molecule has 0 saturated carbocycles. The van der Waals surface area contributed by atoms with Gasteiger partial charge in [-0.25, -0.2) is 13.2 Å². The average molecular weight is 468 g/mol. The highest BCUT2D eigenvalue weighted by atomic mass is 32.2. The molecule has 0 bridgehead atoms. The second-order valence-electron chi connectivity index (χ2n) is 7.26. The molecule has 0 radical (unpaired) electrons. The highest BCUT2D eigenvalue weighted by Crippen LogP contribution is 2.24. The van der Waals surface area contributed by atoms with Gasteiger partial charge in [0.2, 0.25) is 5.91 Å². The van der Waals surface area contributed by atoms with Crippen molar-refractivity contribution in [2.24, 2.45) is 0 Å². The monoisotopic (exact) mass is 467 g/mol. The van der Waals surface area contributed by atoms with Gasteiger partial charge in [0.25, 0.3) is 10.0 Å². The van der Waals surface area contributed by atoms with Crippen LogP contribution in [-0.2, 0) is 19.6 Å². The molecular weight excluding hydrogens is 442 g/mol. The Hall–Kier alpha value is -3.85. The van der Waals surface area contributed by atoms with Crippen molar-refractivity contribution in [3.05, 3.63) is 83.9 Å². The summed E-state index contributed by atoms with van der Waals surface area (Å²) < 4.78 is 31.9. The minimum atomic E-state index is -3.77. The Morgan fingerprint density at radius 1 is 0.970 bits per heavy atom. The second kappa shape index (κ2) is 10.2. The van der Waals surface area contributed by atoms with Crippen LogP contribution in [0.25, 0.3) is 0 Å². The lowest BCUT2D eigenvalue weighted by Crippen LogP contribution is -2.26. The number of hydrogen-bond acceptors (Lipinski definition) is 6. The van der Waals surface area contributed by atoms with Crippen molar-refractivity contribution < 1.29 is 22.7 Å². The van der Waals surface area contributed by atoms with E-state index in [2.05, 4.69) is 10.6 Å². The standard InChI is InChI=1S/C24H25N3O5S/c1-17-12-13-18(24(29)32-3)14-22(17)26-23(28)16-25-19-8-7-11-21(15-19)33(30,31)27(2)20-9-5-4-6-10-20/h4-15,25H,16H2,1-3H3,(H,26,28). The molecule has 0 aliphatic heterocycles. The summed E-state index contributed by atoms with van der Waals surface area (Å²) in [4.78, 5) is 24.3. The van der Waals surface area contributed by atoms with Crippen LogP contribution in [0.1, 0.15) is 15.9 Å². The predicted octanol–water partition coefficient (Wildman–Crippen LogP) is 3.66. The summed E-state index contributed by atoms with van der Waals surface area (Å²) in [6, 6.07) is 19.9. The van der Waals surface area contributed by atoms with Crippen LogP contribution in [-0.4, -0.2) is 41.0 Å². The Morgan fingerprint density at radius 2 is 1.70 bits per heavy atom. The van der Waals surface area contributed by atoms with E-state index in [9.17, 15) is 18.0 Å². The second-order valence-corrected chi connectivity index (χ2v) is 9.23. The molecule has 3 rings (SSSR count). The molecule has 0 atom stereocenters. The van der Waals surface area contributed by atoms with Crippen LogP contribution in [0.5, 0.6) is 0 Å². The number of para-hydroxylation sites is 1. The number of esters is 1.